The number of nitrogens with one attached hydrogen (secondary N) is 1. The summed E-state index contributed by atoms with van der Waals surface area (Å²) < 4.78 is 5.14. The van der Waals surface area contributed by atoms with Gasteiger partial charge in [0.25, 0.3) is 0 Å². The fourth-order valence-electron chi connectivity index (χ4n) is 1.02. The first-order chi connectivity index (χ1) is 5.81. The Labute approximate surface area is 78.3 Å². The minimum absolute atomic E-state index is 0.701. The van der Waals surface area contributed by atoms with E-state index in [9.17, 15) is 0 Å². The number of benzene rings is 1. The van der Waals surface area contributed by atoms with E-state index < -0.39 is 0 Å². The molecule has 0 fully saturated rings. The summed E-state index contributed by atoms with van der Waals surface area (Å²) in [5, 5.41) is 1.72. The highest BCUT2D eigenvalue weighted by atomic mass is 35.5. The molecule has 0 saturated heterocycles. The summed E-state index contributed by atoms with van der Waals surface area (Å²) in [4.78, 5) is 0. The molecule has 3 nitrogen and oxygen atoms in total. The van der Waals surface area contributed by atoms with E-state index in [1.165, 1.54) is 11.5 Å². The Hall–Kier alpha value is -0.840. The molecule has 0 atom stereocenters. The number of nitrogen functional groups attached to an aromatic ring is 1. The Morgan fingerprint density at radius 3 is 3.08 bits per heavy atom. The highest BCUT2D eigenvalue weighted by Gasteiger charge is 2.03. The van der Waals surface area contributed by atoms with Crippen LogP contribution in [0.1, 0.15) is 0 Å². The second kappa shape index (κ2) is 2.90. The van der Waals surface area contributed by atoms with Crippen molar-refractivity contribution in [3.8, 4) is 0 Å². The second-order valence-corrected chi connectivity index (χ2v) is 3.56. The molecule has 5 heteroatoms. The fraction of sp³-hybridized carbons (Fsp3) is 0. The topological polar surface area (TPSA) is 50.9 Å². The van der Waals surface area contributed by atoms with Crippen LogP contribution in [0.2, 0.25) is 5.02 Å². The third kappa shape index (κ3) is 1.14. The van der Waals surface area contributed by atoms with Crippen molar-refractivity contribution >= 4 is 39.0 Å². The van der Waals surface area contributed by atoms with Crippen LogP contribution in [0.4, 0.5) is 5.82 Å². The van der Waals surface area contributed by atoms with E-state index in [-0.39, 0.29) is 0 Å². The molecule has 3 N–H and O–H groups in total. The molecule has 2 aromatic rings. The van der Waals surface area contributed by atoms with Crippen LogP contribution >= 0.6 is 23.1 Å². The quantitative estimate of drug-likeness (QED) is 0.547. The van der Waals surface area contributed by atoms with Crippen molar-refractivity contribution in [2.45, 2.75) is 0 Å². The van der Waals surface area contributed by atoms with Gasteiger partial charge in [-0.3, -0.25) is 0 Å². The summed E-state index contributed by atoms with van der Waals surface area (Å²) in [5.74, 6) is 5.96. The van der Waals surface area contributed by atoms with Gasteiger partial charge in [-0.15, -0.1) is 0 Å². The van der Waals surface area contributed by atoms with Crippen molar-refractivity contribution in [3.05, 3.63) is 23.2 Å². The zero-order chi connectivity index (χ0) is 8.55. The van der Waals surface area contributed by atoms with Crippen molar-refractivity contribution in [1.29, 1.82) is 0 Å². The summed E-state index contributed by atoms with van der Waals surface area (Å²) in [5.41, 5.74) is 2.53. The molecular formula is C7H6ClN3S. The molecule has 0 aliphatic rings. The van der Waals surface area contributed by atoms with Crippen LogP contribution in [0.3, 0.4) is 0 Å². The third-order valence-electron chi connectivity index (χ3n) is 1.57. The highest BCUT2D eigenvalue weighted by molar-refractivity contribution is 7.13. The van der Waals surface area contributed by atoms with Crippen LogP contribution in [0.5, 0.6) is 0 Å². The molecule has 1 aromatic heterocycles. The largest absolute Gasteiger partial charge is 0.307 e. The molecule has 0 unspecified atom stereocenters. The maximum atomic E-state index is 5.80. The zero-order valence-electron chi connectivity index (χ0n) is 6.04. The molecule has 0 saturated carbocycles. The highest BCUT2D eigenvalue weighted by Crippen LogP contribution is 2.28. The second-order valence-electron chi connectivity index (χ2n) is 2.32. The Bertz CT molecular complexity index is 412. The molecule has 0 aliphatic heterocycles. The molecule has 0 spiro atoms. The smallest absolute Gasteiger partial charge is 0.161 e. The number of hydrogen-bond acceptors (Lipinski definition) is 4. The van der Waals surface area contributed by atoms with Gasteiger partial charge in [-0.1, -0.05) is 11.6 Å². The maximum absolute atomic E-state index is 5.80. The van der Waals surface area contributed by atoms with Crippen LogP contribution in [0.15, 0.2) is 18.2 Å². The Morgan fingerprint density at radius 2 is 2.33 bits per heavy atom. The molecule has 2 rings (SSSR count). The lowest BCUT2D eigenvalue weighted by atomic mass is 10.3. The van der Waals surface area contributed by atoms with Gasteiger partial charge in [0.2, 0.25) is 0 Å². The average molecular weight is 200 g/mol. The van der Waals surface area contributed by atoms with E-state index in [0.29, 0.717) is 5.82 Å². The fourth-order valence-corrected chi connectivity index (χ4v) is 2.04. The summed E-state index contributed by atoms with van der Waals surface area (Å²) in [6.45, 7) is 0. The monoisotopic (exact) mass is 199 g/mol. The number of halogens is 1. The standard InChI is InChI=1S/C7H6ClN3S/c8-4-1-2-5-6(3-4)12-11-7(5)10-9/h1-3H,9H2,(H,10,11). The summed E-state index contributed by atoms with van der Waals surface area (Å²) in [7, 11) is 0. The third-order valence-corrected chi connectivity index (χ3v) is 2.61. The first-order valence-electron chi connectivity index (χ1n) is 3.33. The molecule has 0 amide bonds. The van der Waals surface area contributed by atoms with Gasteiger partial charge in [0.15, 0.2) is 5.82 Å². The number of nitrogens with zero attached hydrogens (tertiary/aromatic N) is 1. The number of anilines is 1. The number of rotatable bonds is 1. The van der Waals surface area contributed by atoms with E-state index in [1.807, 2.05) is 18.2 Å². The van der Waals surface area contributed by atoms with Gasteiger partial charge >= 0.3 is 0 Å². The van der Waals surface area contributed by atoms with Crippen LogP contribution < -0.4 is 11.3 Å². The first kappa shape index (κ1) is 7.79. The molecule has 1 heterocycles. The van der Waals surface area contributed by atoms with Crippen molar-refractivity contribution in [2.24, 2.45) is 5.84 Å². The number of nitrogens with two attached hydrogens (primary N) is 1. The average Bonchev–Trinajstić information content (AvgIpc) is 2.46. The van der Waals surface area contributed by atoms with Crippen LogP contribution in [0, 0.1) is 0 Å². The van der Waals surface area contributed by atoms with Gasteiger partial charge in [0.05, 0.1) is 4.70 Å². The minimum atomic E-state index is 0.701. The molecule has 12 heavy (non-hydrogen) atoms. The normalized spacial score (nSPS) is 10.5. The maximum Gasteiger partial charge on any atom is 0.161 e. The molecule has 1 aromatic carbocycles. The molecule has 62 valence electrons. The predicted molar refractivity (Wildman–Crippen MR) is 52.4 cm³/mol. The lowest BCUT2D eigenvalue weighted by Gasteiger charge is -1.93. The minimum Gasteiger partial charge on any atom is -0.307 e. The van der Waals surface area contributed by atoms with Crippen LogP contribution in [-0.4, -0.2) is 4.37 Å². The summed E-state index contributed by atoms with van der Waals surface area (Å²) in [6.07, 6.45) is 0. The van der Waals surface area contributed by atoms with Gasteiger partial charge in [0, 0.05) is 10.4 Å². The van der Waals surface area contributed by atoms with Crippen molar-refractivity contribution in [3.63, 3.8) is 0 Å². The number of hydrogen-bond donors (Lipinski definition) is 2. The Morgan fingerprint density at radius 1 is 1.50 bits per heavy atom. The Balaban J connectivity index is 2.73. The lowest BCUT2D eigenvalue weighted by molar-refractivity contribution is 1.32. The Kier molecular flexibility index (Phi) is 1.88. The van der Waals surface area contributed by atoms with Gasteiger partial charge in [0.1, 0.15) is 0 Å². The van der Waals surface area contributed by atoms with Gasteiger partial charge < -0.3 is 5.43 Å². The van der Waals surface area contributed by atoms with Crippen molar-refractivity contribution in [1.82, 2.24) is 4.37 Å². The van der Waals surface area contributed by atoms with E-state index in [1.54, 1.807) is 0 Å². The zero-order valence-corrected chi connectivity index (χ0v) is 7.62. The first-order valence-corrected chi connectivity index (χ1v) is 4.48. The van der Waals surface area contributed by atoms with Gasteiger partial charge in [-0.05, 0) is 29.7 Å². The van der Waals surface area contributed by atoms with Gasteiger partial charge in [-0.25, -0.2) is 5.84 Å². The number of hydrazine groups is 1. The summed E-state index contributed by atoms with van der Waals surface area (Å²) >= 11 is 7.17. The molecule has 0 aliphatic carbocycles. The van der Waals surface area contributed by atoms with E-state index in [4.69, 9.17) is 17.4 Å². The molecule has 0 bridgehead atoms. The molecule has 0 radical (unpaired) electrons. The van der Waals surface area contributed by atoms with Crippen molar-refractivity contribution < 1.29 is 0 Å². The molecular weight excluding hydrogens is 194 g/mol. The van der Waals surface area contributed by atoms with E-state index >= 15 is 0 Å². The van der Waals surface area contributed by atoms with Crippen LogP contribution in [0.25, 0.3) is 10.1 Å². The predicted octanol–water partition coefficient (Wildman–Crippen LogP) is 2.24. The van der Waals surface area contributed by atoms with Crippen molar-refractivity contribution in [2.75, 3.05) is 5.43 Å². The van der Waals surface area contributed by atoms with E-state index in [2.05, 4.69) is 9.80 Å². The number of fused-ring (bicyclic) bond motifs is 1. The summed E-state index contributed by atoms with van der Waals surface area (Å²) in [6, 6.07) is 5.59. The van der Waals surface area contributed by atoms with Crippen LogP contribution in [-0.2, 0) is 0 Å². The van der Waals surface area contributed by atoms with E-state index in [0.717, 1.165) is 15.1 Å². The SMILES string of the molecule is NNc1nsc2cc(Cl)ccc12. The lowest BCUT2D eigenvalue weighted by Crippen LogP contribution is -2.06. The number of aromatic nitrogens is 1. The van der Waals surface area contributed by atoms with Gasteiger partial charge in [-0.2, -0.15) is 4.37 Å².